The monoisotopic (exact) mass is 260 g/mol. The third-order valence-electron chi connectivity index (χ3n) is 5.40. The zero-order chi connectivity index (χ0) is 13.0. The number of carbonyl (C=O) groups excluding carboxylic acids is 2. The maximum absolute atomic E-state index is 12.4. The molecular formula is C15H20N2O2. The Morgan fingerprint density at radius 2 is 1.53 bits per heavy atom. The summed E-state index contributed by atoms with van der Waals surface area (Å²) >= 11 is 0. The van der Waals surface area contributed by atoms with E-state index in [9.17, 15) is 9.59 Å². The van der Waals surface area contributed by atoms with Crippen molar-refractivity contribution in [2.45, 2.75) is 19.3 Å². The molecule has 2 aliphatic carbocycles. The van der Waals surface area contributed by atoms with Gasteiger partial charge in [0.1, 0.15) is 0 Å². The van der Waals surface area contributed by atoms with Gasteiger partial charge >= 0.3 is 0 Å². The third-order valence-corrected chi connectivity index (χ3v) is 5.40. The van der Waals surface area contributed by atoms with Gasteiger partial charge in [0.15, 0.2) is 0 Å². The summed E-state index contributed by atoms with van der Waals surface area (Å²) in [6.45, 7) is 3.70. The molecule has 4 aliphatic rings. The maximum atomic E-state index is 12.4. The molecule has 0 radical (unpaired) electrons. The first-order chi connectivity index (χ1) is 9.25. The quantitative estimate of drug-likeness (QED) is 0.559. The summed E-state index contributed by atoms with van der Waals surface area (Å²) in [6, 6.07) is 0. The standard InChI is InChI=1S/C15H20N2O2/c18-14-12-10-3-4-11(9-10)13(12)15(19)17(14)8-7-16-5-1-2-6-16/h3-4,10-13H,1-2,5-9H2/t10-,11+,12+,13-. The highest BCUT2D eigenvalue weighted by molar-refractivity contribution is 6.06. The van der Waals surface area contributed by atoms with Crippen LogP contribution in [0.1, 0.15) is 19.3 Å². The largest absolute Gasteiger partial charge is 0.302 e. The second-order valence-corrected chi connectivity index (χ2v) is 6.38. The molecule has 0 aromatic carbocycles. The second kappa shape index (κ2) is 4.17. The molecule has 2 heterocycles. The van der Waals surface area contributed by atoms with Crippen LogP contribution in [0.15, 0.2) is 12.2 Å². The number of hydrogen-bond acceptors (Lipinski definition) is 3. The van der Waals surface area contributed by atoms with Crippen LogP contribution in [0, 0.1) is 23.7 Å². The average molecular weight is 260 g/mol. The molecule has 4 rings (SSSR count). The number of fused-ring (bicyclic) bond motifs is 5. The summed E-state index contributed by atoms with van der Waals surface area (Å²) in [5.41, 5.74) is 0. The molecule has 1 saturated carbocycles. The second-order valence-electron chi connectivity index (χ2n) is 6.38. The van der Waals surface area contributed by atoms with Crippen molar-refractivity contribution in [2.75, 3.05) is 26.2 Å². The van der Waals surface area contributed by atoms with Crippen LogP contribution in [0.2, 0.25) is 0 Å². The predicted molar refractivity (Wildman–Crippen MR) is 70.1 cm³/mol. The van der Waals surface area contributed by atoms with Gasteiger partial charge in [0.25, 0.3) is 0 Å². The molecule has 0 spiro atoms. The molecule has 0 aromatic heterocycles. The Labute approximate surface area is 113 Å². The smallest absolute Gasteiger partial charge is 0.233 e. The first kappa shape index (κ1) is 11.6. The van der Waals surface area contributed by atoms with Crippen molar-refractivity contribution in [3.05, 3.63) is 12.2 Å². The molecule has 2 saturated heterocycles. The summed E-state index contributed by atoms with van der Waals surface area (Å²) < 4.78 is 0. The molecule has 4 nitrogen and oxygen atoms in total. The van der Waals surface area contributed by atoms with E-state index in [1.54, 1.807) is 4.90 Å². The fourth-order valence-corrected chi connectivity index (χ4v) is 4.43. The van der Waals surface area contributed by atoms with Gasteiger partial charge in [-0.25, -0.2) is 0 Å². The summed E-state index contributed by atoms with van der Waals surface area (Å²) in [7, 11) is 0. The molecule has 3 fully saturated rings. The minimum atomic E-state index is -0.0268. The lowest BCUT2D eigenvalue weighted by Crippen LogP contribution is -2.39. The summed E-state index contributed by atoms with van der Waals surface area (Å²) in [5, 5.41) is 0. The van der Waals surface area contributed by atoms with E-state index in [0.29, 0.717) is 18.4 Å². The molecule has 4 heteroatoms. The van der Waals surface area contributed by atoms with Gasteiger partial charge in [-0.05, 0) is 44.2 Å². The van der Waals surface area contributed by atoms with Crippen LogP contribution in [0.4, 0.5) is 0 Å². The van der Waals surface area contributed by atoms with Gasteiger partial charge < -0.3 is 4.90 Å². The minimum absolute atomic E-state index is 0.0268. The Bertz CT molecular complexity index is 423. The molecule has 0 N–H and O–H groups in total. The molecule has 2 bridgehead atoms. The molecule has 0 aromatic rings. The Kier molecular flexibility index (Phi) is 2.56. The number of imide groups is 1. The van der Waals surface area contributed by atoms with E-state index in [1.807, 2.05) is 0 Å². The van der Waals surface area contributed by atoms with Crippen molar-refractivity contribution in [2.24, 2.45) is 23.7 Å². The van der Waals surface area contributed by atoms with Crippen LogP contribution in [-0.4, -0.2) is 47.8 Å². The van der Waals surface area contributed by atoms with Gasteiger partial charge in [0, 0.05) is 13.1 Å². The van der Waals surface area contributed by atoms with Gasteiger partial charge in [-0.1, -0.05) is 12.2 Å². The zero-order valence-electron chi connectivity index (χ0n) is 11.1. The van der Waals surface area contributed by atoms with Gasteiger partial charge in [-0.2, -0.15) is 0 Å². The topological polar surface area (TPSA) is 40.6 Å². The SMILES string of the molecule is O=C1[C@@H]2[C@H](C(=O)N1CCN1CCCC1)[C@H]1C=C[C@@H]2C1. The molecule has 0 unspecified atom stereocenters. The van der Waals surface area contributed by atoms with Crippen molar-refractivity contribution in [1.82, 2.24) is 9.80 Å². The van der Waals surface area contributed by atoms with E-state index in [4.69, 9.17) is 0 Å². The van der Waals surface area contributed by atoms with E-state index in [-0.39, 0.29) is 23.7 Å². The van der Waals surface area contributed by atoms with E-state index in [1.165, 1.54) is 12.8 Å². The van der Waals surface area contributed by atoms with Gasteiger partial charge in [-0.3, -0.25) is 14.5 Å². The van der Waals surface area contributed by atoms with Gasteiger partial charge in [0.05, 0.1) is 11.8 Å². The first-order valence-electron chi connectivity index (χ1n) is 7.51. The highest BCUT2D eigenvalue weighted by Gasteiger charge is 2.58. The Morgan fingerprint density at radius 3 is 2.11 bits per heavy atom. The Balaban J connectivity index is 1.46. The van der Waals surface area contributed by atoms with Gasteiger partial charge in [-0.15, -0.1) is 0 Å². The lowest BCUT2D eigenvalue weighted by atomic mass is 9.85. The minimum Gasteiger partial charge on any atom is -0.302 e. The molecule has 2 amide bonds. The maximum Gasteiger partial charge on any atom is 0.233 e. The molecule has 102 valence electrons. The summed E-state index contributed by atoms with van der Waals surface area (Å²) in [5.74, 6) is 0.825. The van der Waals surface area contributed by atoms with Crippen molar-refractivity contribution in [1.29, 1.82) is 0 Å². The first-order valence-corrected chi connectivity index (χ1v) is 7.51. The Hall–Kier alpha value is -1.16. The molecular weight excluding hydrogens is 240 g/mol. The lowest BCUT2D eigenvalue weighted by molar-refractivity contribution is -0.140. The van der Waals surface area contributed by atoms with Crippen LogP contribution in [0.5, 0.6) is 0 Å². The predicted octanol–water partition coefficient (Wildman–Crippen LogP) is 0.889. The van der Waals surface area contributed by atoms with E-state index in [2.05, 4.69) is 17.1 Å². The van der Waals surface area contributed by atoms with Crippen molar-refractivity contribution in [3.8, 4) is 0 Å². The third kappa shape index (κ3) is 1.62. The van der Waals surface area contributed by atoms with Gasteiger partial charge in [0.2, 0.25) is 11.8 Å². The summed E-state index contributed by atoms with van der Waals surface area (Å²) in [6.07, 6.45) is 7.83. The van der Waals surface area contributed by atoms with E-state index in [0.717, 1.165) is 26.1 Å². The zero-order valence-corrected chi connectivity index (χ0v) is 11.1. The highest BCUT2D eigenvalue weighted by atomic mass is 16.2. The van der Waals surface area contributed by atoms with Crippen LogP contribution >= 0.6 is 0 Å². The highest BCUT2D eigenvalue weighted by Crippen LogP contribution is 2.52. The molecule has 4 atom stereocenters. The van der Waals surface area contributed by atoms with Crippen LogP contribution in [-0.2, 0) is 9.59 Å². The normalized spacial score (nSPS) is 40.7. The number of amides is 2. The van der Waals surface area contributed by atoms with Crippen LogP contribution < -0.4 is 0 Å². The summed E-state index contributed by atoms with van der Waals surface area (Å²) in [4.78, 5) is 28.8. The van der Waals surface area contributed by atoms with E-state index < -0.39 is 0 Å². The van der Waals surface area contributed by atoms with Crippen molar-refractivity contribution >= 4 is 11.8 Å². The molecule has 19 heavy (non-hydrogen) atoms. The number of carbonyl (C=O) groups is 2. The fraction of sp³-hybridized carbons (Fsp3) is 0.733. The lowest BCUT2D eigenvalue weighted by Gasteiger charge is -2.21. The Morgan fingerprint density at radius 1 is 0.947 bits per heavy atom. The number of likely N-dealkylation sites (tertiary alicyclic amines) is 2. The fourth-order valence-electron chi connectivity index (χ4n) is 4.43. The average Bonchev–Trinajstić information content (AvgIpc) is 3.14. The van der Waals surface area contributed by atoms with Crippen LogP contribution in [0.3, 0.4) is 0 Å². The van der Waals surface area contributed by atoms with Crippen molar-refractivity contribution < 1.29 is 9.59 Å². The van der Waals surface area contributed by atoms with E-state index >= 15 is 0 Å². The number of allylic oxidation sites excluding steroid dienone is 2. The van der Waals surface area contributed by atoms with Crippen LogP contribution in [0.25, 0.3) is 0 Å². The number of nitrogens with zero attached hydrogens (tertiary/aromatic N) is 2. The number of rotatable bonds is 3. The van der Waals surface area contributed by atoms with Crippen molar-refractivity contribution in [3.63, 3.8) is 0 Å². The number of hydrogen-bond donors (Lipinski definition) is 0. The molecule has 2 aliphatic heterocycles.